The van der Waals surface area contributed by atoms with Crippen molar-refractivity contribution in [1.82, 2.24) is 14.9 Å². The van der Waals surface area contributed by atoms with Crippen molar-refractivity contribution in [2.45, 2.75) is 32.2 Å². The van der Waals surface area contributed by atoms with Gasteiger partial charge in [-0.1, -0.05) is 0 Å². The number of rotatable bonds is 4. The average molecular weight is 235 g/mol. The summed E-state index contributed by atoms with van der Waals surface area (Å²) in [6.45, 7) is 2.19. The van der Waals surface area contributed by atoms with Crippen LogP contribution in [-0.4, -0.2) is 45.1 Å². The lowest BCUT2D eigenvalue weighted by atomic mass is 9.91. The van der Waals surface area contributed by atoms with Crippen LogP contribution in [0.4, 0.5) is 0 Å². The highest BCUT2D eigenvalue weighted by Gasteiger charge is 2.29. The van der Waals surface area contributed by atoms with Crippen LogP contribution in [-0.2, 0) is 0 Å². The number of carbonyl (C=O) groups excluding carboxylic acids is 1. The number of aliphatic hydroxyl groups is 1. The van der Waals surface area contributed by atoms with E-state index >= 15 is 0 Å². The lowest BCUT2D eigenvalue weighted by Gasteiger charge is -2.37. The normalized spacial score (nSPS) is 15.4. The van der Waals surface area contributed by atoms with Crippen molar-refractivity contribution in [2.24, 2.45) is 0 Å². The molecule has 17 heavy (non-hydrogen) atoms. The van der Waals surface area contributed by atoms with E-state index in [0.717, 1.165) is 25.0 Å². The average Bonchev–Trinajstić information content (AvgIpc) is 2.26. The number of carbonyl (C=O) groups is 1. The second-order valence-corrected chi connectivity index (χ2v) is 4.35. The van der Waals surface area contributed by atoms with Gasteiger partial charge in [-0.2, -0.15) is 0 Å². The van der Waals surface area contributed by atoms with E-state index in [-0.39, 0.29) is 18.6 Å². The minimum Gasteiger partial charge on any atom is -0.395 e. The highest BCUT2D eigenvalue weighted by atomic mass is 16.3. The molecule has 2 rings (SSSR count). The molecule has 1 aromatic heterocycles. The molecule has 1 aliphatic rings. The highest BCUT2D eigenvalue weighted by molar-refractivity contribution is 5.92. The molecular weight excluding hydrogens is 218 g/mol. The van der Waals surface area contributed by atoms with Crippen LogP contribution in [0.15, 0.2) is 12.4 Å². The Kier molecular flexibility index (Phi) is 3.68. The molecule has 0 saturated heterocycles. The van der Waals surface area contributed by atoms with Gasteiger partial charge in [-0.05, 0) is 26.2 Å². The summed E-state index contributed by atoms with van der Waals surface area (Å²) in [4.78, 5) is 22.1. The Morgan fingerprint density at radius 1 is 1.47 bits per heavy atom. The van der Waals surface area contributed by atoms with E-state index in [1.54, 1.807) is 11.1 Å². The second-order valence-electron chi connectivity index (χ2n) is 4.35. The smallest absolute Gasteiger partial charge is 0.274 e. The molecule has 0 aliphatic heterocycles. The number of hydrogen-bond acceptors (Lipinski definition) is 4. The molecule has 1 amide bonds. The van der Waals surface area contributed by atoms with Crippen LogP contribution in [0.3, 0.4) is 0 Å². The predicted molar refractivity (Wildman–Crippen MR) is 62.5 cm³/mol. The Labute approximate surface area is 100 Å². The van der Waals surface area contributed by atoms with E-state index in [4.69, 9.17) is 5.11 Å². The van der Waals surface area contributed by atoms with Crippen LogP contribution >= 0.6 is 0 Å². The van der Waals surface area contributed by atoms with Gasteiger partial charge in [0.15, 0.2) is 0 Å². The third kappa shape index (κ3) is 2.61. The molecule has 1 N–H and O–H groups in total. The topological polar surface area (TPSA) is 66.3 Å². The van der Waals surface area contributed by atoms with Crippen molar-refractivity contribution >= 4 is 5.91 Å². The molecule has 5 nitrogen and oxygen atoms in total. The fraction of sp³-hybridized carbons (Fsp3) is 0.583. The molecular formula is C12H17N3O2. The van der Waals surface area contributed by atoms with Crippen molar-refractivity contribution < 1.29 is 9.90 Å². The van der Waals surface area contributed by atoms with Gasteiger partial charge in [0.1, 0.15) is 5.69 Å². The molecule has 1 heterocycles. The van der Waals surface area contributed by atoms with Crippen LogP contribution in [0.25, 0.3) is 0 Å². The molecule has 1 aromatic rings. The van der Waals surface area contributed by atoms with Crippen molar-refractivity contribution in [1.29, 1.82) is 0 Å². The Hall–Kier alpha value is -1.49. The van der Waals surface area contributed by atoms with E-state index in [0.29, 0.717) is 12.2 Å². The minimum absolute atomic E-state index is 0.0124. The summed E-state index contributed by atoms with van der Waals surface area (Å²) in [5.74, 6) is -0.128. The van der Waals surface area contributed by atoms with Gasteiger partial charge in [0.05, 0.1) is 18.5 Å². The van der Waals surface area contributed by atoms with Gasteiger partial charge in [0, 0.05) is 18.8 Å². The van der Waals surface area contributed by atoms with E-state index in [1.807, 2.05) is 6.92 Å². The molecule has 0 atom stereocenters. The summed E-state index contributed by atoms with van der Waals surface area (Å²) in [5.41, 5.74) is 1.15. The standard InChI is InChI=1S/C12H17N3O2/c1-9-7-14-11(8-13-9)12(17)15(5-6-16)10-3-2-4-10/h7-8,10,16H,2-6H2,1H3. The summed E-state index contributed by atoms with van der Waals surface area (Å²) in [5, 5.41) is 9.02. The monoisotopic (exact) mass is 235 g/mol. The first-order chi connectivity index (χ1) is 8.22. The van der Waals surface area contributed by atoms with Crippen LogP contribution in [0.5, 0.6) is 0 Å². The van der Waals surface area contributed by atoms with E-state index in [2.05, 4.69) is 9.97 Å². The molecule has 0 unspecified atom stereocenters. The van der Waals surface area contributed by atoms with E-state index < -0.39 is 0 Å². The fourth-order valence-corrected chi connectivity index (χ4v) is 1.91. The van der Waals surface area contributed by atoms with Gasteiger partial charge in [-0.25, -0.2) is 4.98 Å². The zero-order valence-electron chi connectivity index (χ0n) is 9.96. The molecule has 1 aliphatic carbocycles. The molecule has 1 saturated carbocycles. The number of nitrogens with zero attached hydrogens (tertiary/aromatic N) is 3. The van der Waals surface area contributed by atoms with Gasteiger partial charge in [-0.3, -0.25) is 9.78 Å². The fourth-order valence-electron chi connectivity index (χ4n) is 1.91. The van der Waals surface area contributed by atoms with Gasteiger partial charge in [0.2, 0.25) is 0 Å². The number of aromatic nitrogens is 2. The first-order valence-corrected chi connectivity index (χ1v) is 5.93. The number of aryl methyl sites for hydroxylation is 1. The summed E-state index contributed by atoms with van der Waals surface area (Å²) in [6.07, 6.45) is 6.28. The first kappa shape index (κ1) is 12.0. The quantitative estimate of drug-likeness (QED) is 0.837. The number of aliphatic hydroxyl groups excluding tert-OH is 1. The van der Waals surface area contributed by atoms with Crippen LogP contribution in [0.1, 0.15) is 35.4 Å². The Bertz CT molecular complexity index is 387. The Balaban J connectivity index is 2.12. The van der Waals surface area contributed by atoms with Gasteiger partial charge >= 0.3 is 0 Å². The predicted octanol–water partition coefficient (Wildman–Crippen LogP) is 0.772. The van der Waals surface area contributed by atoms with E-state index in [1.165, 1.54) is 6.20 Å². The maximum atomic E-state index is 12.2. The SMILES string of the molecule is Cc1cnc(C(=O)N(CCO)C2CCC2)cn1. The van der Waals surface area contributed by atoms with Gasteiger partial charge in [0.25, 0.3) is 5.91 Å². The van der Waals surface area contributed by atoms with E-state index in [9.17, 15) is 4.79 Å². The molecule has 1 fully saturated rings. The molecule has 0 spiro atoms. The maximum Gasteiger partial charge on any atom is 0.274 e. The molecule has 0 aromatic carbocycles. The zero-order chi connectivity index (χ0) is 12.3. The first-order valence-electron chi connectivity index (χ1n) is 5.93. The number of amides is 1. The third-order valence-electron chi connectivity index (χ3n) is 3.12. The molecule has 5 heteroatoms. The Morgan fingerprint density at radius 2 is 2.24 bits per heavy atom. The van der Waals surface area contributed by atoms with Crippen LogP contribution < -0.4 is 0 Å². The molecule has 0 radical (unpaired) electrons. The molecule has 0 bridgehead atoms. The molecule has 92 valence electrons. The van der Waals surface area contributed by atoms with Crippen molar-refractivity contribution in [3.63, 3.8) is 0 Å². The van der Waals surface area contributed by atoms with Crippen LogP contribution in [0, 0.1) is 6.92 Å². The summed E-state index contributed by atoms with van der Waals surface area (Å²) in [7, 11) is 0. The summed E-state index contributed by atoms with van der Waals surface area (Å²) >= 11 is 0. The summed E-state index contributed by atoms with van der Waals surface area (Å²) < 4.78 is 0. The van der Waals surface area contributed by atoms with Crippen LogP contribution in [0.2, 0.25) is 0 Å². The third-order valence-corrected chi connectivity index (χ3v) is 3.12. The minimum atomic E-state index is -0.128. The zero-order valence-corrected chi connectivity index (χ0v) is 9.96. The lowest BCUT2D eigenvalue weighted by molar-refractivity contribution is 0.0519. The van der Waals surface area contributed by atoms with Gasteiger partial charge in [-0.15, -0.1) is 0 Å². The van der Waals surface area contributed by atoms with Crippen molar-refractivity contribution in [3.8, 4) is 0 Å². The number of hydrogen-bond donors (Lipinski definition) is 1. The Morgan fingerprint density at radius 3 is 2.71 bits per heavy atom. The second kappa shape index (κ2) is 5.23. The lowest BCUT2D eigenvalue weighted by Crippen LogP contribution is -2.45. The highest BCUT2D eigenvalue weighted by Crippen LogP contribution is 2.25. The van der Waals surface area contributed by atoms with Gasteiger partial charge < -0.3 is 10.0 Å². The van der Waals surface area contributed by atoms with Crippen molar-refractivity contribution in [2.75, 3.05) is 13.2 Å². The van der Waals surface area contributed by atoms with Crippen molar-refractivity contribution in [3.05, 3.63) is 23.8 Å². The summed E-state index contributed by atoms with van der Waals surface area (Å²) in [6, 6.07) is 0.262. The largest absolute Gasteiger partial charge is 0.395 e. The maximum absolute atomic E-state index is 12.2.